The quantitative estimate of drug-likeness (QED) is 0.0724. The van der Waals surface area contributed by atoms with E-state index < -0.39 is 7.82 Å². The lowest BCUT2D eigenvalue weighted by Crippen LogP contribution is -2.05. The summed E-state index contributed by atoms with van der Waals surface area (Å²) in [6, 6.07) is 0. The monoisotopic (exact) mass is 462 g/mol. The van der Waals surface area contributed by atoms with Crippen molar-refractivity contribution in [2.24, 2.45) is 0 Å². The molecule has 0 aromatic carbocycles. The molecule has 0 aliphatic carbocycles. The molecule has 0 aromatic heterocycles. The lowest BCUT2D eigenvalue weighted by atomic mass is 10.1. The summed E-state index contributed by atoms with van der Waals surface area (Å²) in [6.07, 6.45) is 17.4. The van der Waals surface area contributed by atoms with Gasteiger partial charge in [0.2, 0.25) is 0 Å². The van der Waals surface area contributed by atoms with E-state index in [1.807, 2.05) is 6.92 Å². The minimum atomic E-state index is -4.64. The summed E-state index contributed by atoms with van der Waals surface area (Å²) < 4.78 is 13.9. The lowest BCUT2D eigenvalue weighted by Gasteiger charge is -2.03. The molecule has 0 heterocycles. The highest BCUT2D eigenvalue weighted by atomic mass is 31.2. The molecule has 3 N–H and O–H groups in total. The Bertz CT molecular complexity index is 382. The molecule has 0 bridgehead atoms. The largest absolute Gasteiger partial charge is 0.499 e. The summed E-state index contributed by atoms with van der Waals surface area (Å²) in [5, 5.41) is 16.7. The van der Waals surface area contributed by atoms with Crippen molar-refractivity contribution in [1.29, 1.82) is 0 Å². The molecule has 0 fully saturated rings. The average molecular weight is 462 g/mol. The highest BCUT2D eigenvalue weighted by Gasteiger charge is 2.00. The van der Waals surface area contributed by atoms with E-state index >= 15 is 0 Å². The topological polar surface area (TPSA) is 142 Å². The van der Waals surface area contributed by atoms with Crippen LogP contribution < -0.4 is 0 Å². The van der Waals surface area contributed by atoms with Crippen LogP contribution in [0.2, 0.25) is 0 Å². The molecule has 0 aliphatic rings. The molecule has 0 aliphatic heterocycles. The molecule has 0 unspecified atom stereocenters. The second-order valence-corrected chi connectivity index (χ2v) is 7.33. The maximum Gasteiger partial charge on any atom is 0.466 e. The Morgan fingerprint density at radius 2 is 1.10 bits per heavy atom. The van der Waals surface area contributed by atoms with E-state index in [9.17, 15) is 0 Å². The van der Waals surface area contributed by atoms with E-state index in [0.717, 1.165) is 12.8 Å². The summed E-state index contributed by atoms with van der Waals surface area (Å²) in [4.78, 5) is 30.9. The Morgan fingerprint density at radius 3 is 1.57 bits per heavy atom. The van der Waals surface area contributed by atoms with Gasteiger partial charge in [0.15, 0.2) is 0 Å². The number of hydrogen-bond donors (Lipinski definition) is 3. The molecular weight excluding hydrogens is 423 g/mol. The second kappa shape index (κ2) is 26.4. The van der Waals surface area contributed by atoms with Gasteiger partial charge in [0.25, 0.3) is 0 Å². The van der Waals surface area contributed by atoms with Gasteiger partial charge in [-0.2, -0.15) is 0 Å². The van der Waals surface area contributed by atoms with Gasteiger partial charge in [-0.15, -0.1) is 0 Å². The van der Waals surface area contributed by atoms with Gasteiger partial charge in [0, 0.05) is 0 Å². The molecular formula is C18H39O11P. The number of phosphoric acid groups is 1. The SMILES string of the molecule is CC=COCCOOOOOOCCCCCCCCCCCCC.O=P(O)(O)O. The molecule has 11 nitrogen and oxygen atoms in total. The minimum Gasteiger partial charge on any atom is -0.499 e. The summed E-state index contributed by atoms with van der Waals surface area (Å²) in [5.74, 6) is 0. The first-order chi connectivity index (χ1) is 14.4. The van der Waals surface area contributed by atoms with Gasteiger partial charge in [-0.25, -0.2) is 14.3 Å². The number of hydrogen-bond acceptors (Lipinski definition) is 8. The van der Waals surface area contributed by atoms with Crippen LogP contribution in [0.1, 0.15) is 84.5 Å². The summed E-state index contributed by atoms with van der Waals surface area (Å²) in [7, 11) is -4.64. The second-order valence-electron chi connectivity index (χ2n) is 6.31. The van der Waals surface area contributed by atoms with Gasteiger partial charge < -0.3 is 19.4 Å². The Labute approximate surface area is 179 Å². The van der Waals surface area contributed by atoms with Crippen molar-refractivity contribution in [3.8, 4) is 0 Å². The molecule has 12 heteroatoms. The van der Waals surface area contributed by atoms with Gasteiger partial charge in [0.05, 0.1) is 12.9 Å². The van der Waals surface area contributed by atoms with Gasteiger partial charge in [-0.1, -0.05) is 77.2 Å². The highest BCUT2D eigenvalue weighted by Crippen LogP contribution is 2.25. The van der Waals surface area contributed by atoms with Crippen LogP contribution >= 0.6 is 7.82 Å². The molecule has 182 valence electrons. The zero-order valence-electron chi connectivity index (χ0n) is 18.1. The van der Waals surface area contributed by atoms with Gasteiger partial charge in [-0.3, -0.25) is 0 Å². The van der Waals surface area contributed by atoms with Crippen LogP contribution in [0, 0.1) is 0 Å². The van der Waals surface area contributed by atoms with Crippen molar-refractivity contribution in [3.05, 3.63) is 12.3 Å². The molecule has 0 radical (unpaired) electrons. The van der Waals surface area contributed by atoms with Crippen molar-refractivity contribution in [2.45, 2.75) is 84.5 Å². The first-order valence-corrected chi connectivity index (χ1v) is 11.9. The first-order valence-electron chi connectivity index (χ1n) is 10.3. The van der Waals surface area contributed by atoms with Crippen molar-refractivity contribution >= 4 is 7.82 Å². The van der Waals surface area contributed by atoms with Crippen LogP contribution in [0.4, 0.5) is 0 Å². The normalized spacial score (nSPS) is 11.5. The van der Waals surface area contributed by atoms with E-state index in [4.69, 9.17) is 28.9 Å². The predicted octanol–water partition coefficient (Wildman–Crippen LogP) is 4.59. The molecule has 0 atom stereocenters. The van der Waals surface area contributed by atoms with Crippen LogP contribution in [0.3, 0.4) is 0 Å². The van der Waals surface area contributed by atoms with Crippen molar-refractivity contribution in [1.82, 2.24) is 0 Å². The number of ether oxygens (including phenoxy) is 1. The Kier molecular flexibility index (Phi) is 27.9. The van der Waals surface area contributed by atoms with Gasteiger partial charge in [0.1, 0.15) is 13.2 Å². The molecule has 0 amide bonds. The molecule has 0 spiro atoms. The predicted molar refractivity (Wildman–Crippen MR) is 108 cm³/mol. The fourth-order valence-electron chi connectivity index (χ4n) is 2.20. The number of allylic oxidation sites excluding steroid dienone is 1. The standard InChI is InChI=1S/C18H36O7.H3O4P/c1-3-5-6-7-8-9-10-11-12-13-14-16-20-22-24-25-23-21-18-17-19-15-4-2;1-5(2,3)4/h4,15H,3,5-14,16-18H2,1-2H3;(H3,1,2,3,4). The van der Waals surface area contributed by atoms with Crippen molar-refractivity contribution in [3.63, 3.8) is 0 Å². The van der Waals surface area contributed by atoms with E-state index in [1.54, 1.807) is 12.3 Å². The van der Waals surface area contributed by atoms with E-state index in [1.165, 1.54) is 57.8 Å². The Balaban J connectivity index is 0. The third kappa shape index (κ3) is 41.7. The highest BCUT2D eigenvalue weighted by molar-refractivity contribution is 7.45. The molecule has 0 rings (SSSR count). The van der Waals surface area contributed by atoms with Gasteiger partial charge in [-0.05, 0) is 33.5 Å². The molecule has 0 aromatic rings. The first kappa shape index (κ1) is 31.6. The fraction of sp³-hybridized carbons (Fsp3) is 0.889. The van der Waals surface area contributed by atoms with Crippen LogP contribution in [0.25, 0.3) is 0 Å². The Hall–Kier alpha value is -0.590. The fourth-order valence-corrected chi connectivity index (χ4v) is 2.20. The number of unbranched alkanes of at least 4 members (excludes halogenated alkanes) is 10. The zero-order chi connectivity index (χ0) is 22.8. The molecule has 30 heavy (non-hydrogen) atoms. The zero-order valence-corrected chi connectivity index (χ0v) is 19.0. The minimum absolute atomic E-state index is 0.188. The average Bonchev–Trinajstić information content (AvgIpc) is 2.68. The van der Waals surface area contributed by atoms with Crippen LogP contribution in [-0.4, -0.2) is 34.5 Å². The van der Waals surface area contributed by atoms with Crippen molar-refractivity contribution in [2.75, 3.05) is 19.8 Å². The summed E-state index contributed by atoms with van der Waals surface area (Å²) >= 11 is 0. The van der Waals surface area contributed by atoms with E-state index in [0.29, 0.717) is 13.2 Å². The smallest absolute Gasteiger partial charge is 0.466 e. The van der Waals surface area contributed by atoms with Gasteiger partial charge >= 0.3 is 7.82 Å². The number of rotatable bonds is 21. The maximum absolute atomic E-state index is 8.88. The van der Waals surface area contributed by atoms with Crippen molar-refractivity contribution < 1.29 is 53.9 Å². The van der Waals surface area contributed by atoms with Crippen LogP contribution in [-0.2, 0) is 39.2 Å². The van der Waals surface area contributed by atoms with Crippen LogP contribution in [0.5, 0.6) is 0 Å². The maximum atomic E-state index is 8.88. The van der Waals surface area contributed by atoms with E-state index in [-0.39, 0.29) is 6.61 Å². The molecule has 0 saturated carbocycles. The van der Waals surface area contributed by atoms with Crippen LogP contribution in [0.15, 0.2) is 12.3 Å². The lowest BCUT2D eigenvalue weighted by molar-refractivity contribution is -0.756. The Morgan fingerprint density at radius 1 is 0.667 bits per heavy atom. The van der Waals surface area contributed by atoms with E-state index in [2.05, 4.69) is 32.0 Å². The summed E-state index contributed by atoms with van der Waals surface area (Å²) in [6.45, 7) is 5.07. The summed E-state index contributed by atoms with van der Waals surface area (Å²) in [5.41, 5.74) is 0. The third-order valence-corrected chi connectivity index (χ3v) is 3.53. The molecule has 0 saturated heterocycles. The third-order valence-electron chi connectivity index (χ3n) is 3.53.